The van der Waals surface area contributed by atoms with Gasteiger partial charge in [0, 0.05) is 30.4 Å². The van der Waals surface area contributed by atoms with E-state index in [-0.39, 0.29) is 17.7 Å². The van der Waals surface area contributed by atoms with Gasteiger partial charge in [-0.15, -0.1) is 0 Å². The topological polar surface area (TPSA) is 58.2 Å². The Bertz CT molecular complexity index is 473. The lowest BCUT2D eigenvalue weighted by molar-refractivity contribution is -0.123. The number of halogens is 1. The van der Waals surface area contributed by atoms with E-state index in [4.69, 9.17) is 0 Å². The third kappa shape index (κ3) is 4.06. The molecule has 1 saturated carbocycles. The van der Waals surface area contributed by atoms with Crippen LogP contribution in [0.25, 0.3) is 0 Å². The van der Waals surface area contributed by atoms with E-state index in [0.717, 1.165) is 10.9 Å². The third-order valence-electron chi connectivity index (χ3n) is 3.22. The molecular weight excluding hydrogens is 308 g/mol. The molecule has 102 valence electrons. The minimum absolute atomic E-state index is 0.0755. The quantitative estimate of drug-likeness (QED) is 0.811. The van der Waals surface area contributed by atoms with Gasteiger partial charge < -0.3 is 10.6 Å². The molecule has 0 bridgehead atoms. The van der Waals surface area contributed by atoms with Crippen molar-refractivity contribution in [3.63, 3.8) is 0 Å². The number of amides is 2. The molecule has 0 spiro atoms. The number of carbonyl (C=O) groups excluding carboxylic acids is 2. The van der Waals surface area contributed by atoms with E-state index in [1.807, 2.05) is 12.1 Å². The summed E-state index contributed by atoms with van der Waals surface area (Å²) in [5.74, 6) is 0.430. The maximum Gasteiger partial charge on any atom is 0.223 e. The molecule has 1 aliphatic carbocycles. The standard InChI is InChI=1S/C14H17BrN2O2/c1-9(18)16-6-7-17-14(19)13-8-12(13)10-2-4-11(15)5-3-10/h2-5,12-13H,6-8H2,1H3,(H,16,18)(H,17,19)/t12-,13+/m1/s1. The van der Waals surface area contributed by atoms with Crippen LogP contribution in [0.4, 0.5) is 0 Å². The highest BCUT2D eigenvalue weighted by Gasteiger charge is 2.43. The van der Waals surface area contributed by atoms with Gasteiger partial charge in [0.15, 0.2) is 0 Å². The number of rotatable bonds is 5. The van der Waals surface area contributed by atoms with Gasteiger partial charge in [-0.3, -0.25) is 9.59 Å². The maximum atomic E-state index is 11.9. The van der Waals surface area contributed by atoms with Crippen LogP contribution in [0.2, 0.25) is 0 Å². The Labute approximate surface area is 121 Å². The fourth-order valence-corrected chi connectivity index (χ4v) is 2.38. The first-order valence-electron chi connectivity index (χ1n) is 6.35. The molecule has 5 heteroatoms. The van der Waals surface area contributed by atoms with Crippen molar-refractivity contribution < 1.29 is 9.59 Å². The highest BCUT2D eigenvalue weighted by Crippen LogP contribution is 2.47. The Balaban J connectivity index is 1.74. The Hall–Kier alpha value is -1.36. The summed E-state index contributed by atoms with van der Waals surface area (Å²) < 4.78 is 1.05. The summed E-state index contributed by atoms with van der Waals surface area (Å²) in [6, 6.07) is 8.11. The van der Waals surface area contributed by atoms with Gasteiger partial charge in [-0.2, -0.15) is 0 Å². The minimum Gasteiger partial charge on any atom is -0.355 e. The summed E-state index contributed by atoms with van der Waals surface area (Å²) >= 11 is 3.40. The lowest BCUT2D eigenvalue weighted by atomic mass is 10.1. The smallest absolute Gasteiger partial charge is 0.223 e. The number of hydrogen-bond acceptors (Lipinski definition) is 2. The molecule has 4 nitrogen and oxygen atoms in total. The lowest BCUT2D eigenvalue weighted by Crippen LogP contribution is -2.34. The van der Waals surface area contributed by atoms with Crippen LogP contribution in [0.3, 0.4) is 0 Å². The SMILES string of the molecule is CC(=O)NCCNC(=O)[C@H]1C[C@@H]1c1ccc(Br)cc1. The van der Waals surface area contributed by atoms with E-state index in [9.17, 15) is 9.59 Å². The molecule has 2 amide bonds. The van der Waals surface area contributed by atoms with E-state index in [2.05, 4.69) is 38.7 Å². The van der Waals surface area contributed by atoms with E-state index in [1.165, 1.54) is 12.5 Å². The first kappa shape index (κ1) is 14.1. The maximum absolute atomic E-state index is 11.9. The van der Waals surface area contributed by atoms with Crippen molar-refractivity contribution in [3.8, 4) is 0 Å². The fourth-order valence-electron chi connectivity index (χ4n) is 2.12. The Morgan fingerprint density at radius 3 is 2.47 bits per heavy atom. The molecule has 2 rings (SSSR count). The highest BCUT2D eigenvalue weighted by atomic mass is 79.9. The molecule has 1 aliphatic rings. The van der Waals surface area contributed by atoms with E-state index in [1.54, 1.807) is 0 Å². The Kier molecular flexibility index (Phi) is 4.58. The molecule has 2 atom stereocenters. The molecule has 0 unspecified atom stereocenters. The van der Waals surface area contributed by atoms with Gasteiger partial charge in [0.2, 0.25) is 11.8 Å². The summed E-state index contributed by atoms with van der Waals surface area (Å²) in [7, 11) is 0. The number of nitrogens with one attached hydrogen (secondary N) is 2. The van der Waals surface area contributed by atoms with Gasteiger partial charge >= 0.3 is 0 Å². The number of hydrogen-bond donors (Lipinski definition) is 2. The van der Waals surface area contributed by atoms with Crippen LogP contribution < -0.4 is 10.6 Å². The zero-order chi connectivity index (χ0) is 13.8. The first-order chi connectivity index (χ1) is 9.08. The van der Waals surface area contributed by atoms with Gasteiger partial charge in [-0.25, -0.2) is 0 Å². The van der Waals surface area contributed by atoms with Crippen LogP contribution in [-0.4, -0.2) is 24.9 Å². The van der Waals surface area contributed by atoms with Gasteiger partial charge in [0.25, 0.3) is 0 Å². The molecule has 1 fully saturated rings. The Morgan fingerprint density at radius 2 is 1.84 bits per heavy atom. The van der Waals surface area contributed by atoms with E-state index >= 15 is 0 Å². The van der Waals surface area contributed by atoms with Gasteiger partial charge in [-0.05, 0) is 30.0 Å². The van der Waals surface area contributed by atoms with Crippen molar-refractivity contribution >= 4 is 27.7 Å². The summed E-state index contributed by atoms with van der Waals surface area (Å²) in [6.07, 6.45) is 0.910. The number of benzene rings is 1. The minimum atomic E-state index is -0.0755. The first-order valence-corrected chi connectivity index (χ1v) is 7.15. The summed E-state index contributed by atoms with van der Waals surface area (Å²) in [6.45, 7) is 2.44. The van der Waals surface area contributed by atoms with Crippen LogP contribution in [0.15, 0.2) is 28.7 Å². The average Bonchev–Trinajstić information content (AvgIpc) is 3.15. The lowest BCUT2D eigenvalue weighted by Gasteiger charge is -2.05. The monoisotopic (exact) mass is 324 g/mol. The fraction of sp³-hybridized carbons (Fsp3) is 0.429. The van der Waals surface area contributed by atoms with Gasteiger partial charge in [0.05, 0.1) is 0 Å². The van der Waals surface area contributed by atoms with E-state index in [0.29, 0.717) is 19.0 Å². The summed E-state index contributed by atoms with van der Waals surface area (Å²) in [5, 5.41) is 5.50. The molecule has 0 saturated heterocycles. The van der Waals surface area contributed by atoms with Crippen LogP contribution in [0, 0.1) is 5.92 Å². The normalized spacial score (nSPS) is 20.7. The molecule has 2 N–H and O–H groups in total. The van der Waals surface area contributed by atoms with Crippen molar-refractivity contribution in [2.24, 2.45) is 5.92 Å². The van der Waals surface area contributed by atoms with Crippen molar-refractivity contribution in [1.29, 1.82) is 0 Å². The molecule has 0 aromatic heterocycles. The molecule has 1 aromatic rings. The molecule has 19 heavy (non-hydrogen) atoms. The van der Waals surface area contributed by atoms with Crippen molar-refractivity contribution in [2.75, 3.05) is 13.1 Å². The zero-order valence-corrected chi connectivity index (χ0v) is 12.4. The van der Waals surface area contributed by atoms with Crippen LogP contribution in [0.1, 0.15) is 24.8 Å². The second-order valence-electron chi connectivity index (χ2n) is 4.77. The van der Waals surface area contributed by atoms with Crippen molar-refractivity contribution in [1.82, 2.24) is 10.6 Å². The predicted molar refractivity (Wildman–Crippen MR) is 76.7 cm³/mol. The van der Waals surface area contributed by atoms with Crippen LogP contribution in [0.5, 0.6) is 0 Å². The molecule has 0 aliphatic heterocycles. The summed E-state index contributed by atoms with van der Waals surface area (Å²) in [4.78, 5) is 22.5. The van der Waals surface area contributed by atoms with Gasteiger partial charge in [-0.1, -0.05) is 28.1 Å². The van der Waals surface area contributed by atoms with Gasteiger partial charge in [0.1, 0.15) is 0 Å². The second kappa shape index (κ2) is 6.19. The third-order valence-corrected chi connectivity index (χ3v) is 3.75. The van der Waals surface area contributed by atoms with Crippen molar-refractivity contribution in [3.05, 3.63) is 34.3 Å². The molecule has 0 radical (unpaired) electrons. The largest absolute Gasteiger partial charge is 0.355 e. The molecular formula is C14H17BrN2O2. The zero-order valence-electron chi connectivity index (χ0n) is 10.8. The van der Waals surface area contributed by atoms with E-state index < -0.39 is 0 Å². The summed E-state index contributed by atoms with van der Waals surface area (Å²) in [5.41, 5.74) is 1.21. The average molecular weight is 325 g/mol. The Morgan fingerprint density at radius 1 is 1.21 bits per heavy atom. The second-order valence-corrected chi connectivity index (χ2v) is 5.69. The van der Waals surface area contributed by atoms with Crippen LogP contribution >= 0.6 is 15.9 Å². The molecule has 0 heterocycles. The van der Waals surface area contributed by atoms with Crippen molar-refractivity contribution in [2.45, 2.75) is 19.3 Å². The van der Waals surface area contributed by atoms with Crippen LogP contribution in [-0.2, 0) is 9.59 Å². The predicted octanol–water partition coefficient (Wildman–Crippen LogP) is 1.80. The highest BCUT2D eigenvalue weighted by molar-refractivity contribution is 9.10. The number of carbonyl (C=O) groups is 2. The molecule has 1 aromatic carbocycles.